The molecule has 2 aliphatic heterocycles. The first-order chi connectivity index (χ1) is 50.9. The Morgan fingerprint density at radius 1 is 0.260 bits per heavy atom. The molecule has 0 bridgehead atoms. The van der Waals surface area contributed by atoms with Gasteiger partial charge < -0.3 is 14.4 Å². The van der Waals surface area contributed by atoms with Crippen molar-refractivity contribution in [3.05, 3.63) is 387 Å². The molecule has 0 saturated heterocycles. The van der Waals surface area contributed by atoms with E-state index in [-0.39, 0.29) is 17.5 Å². The van der Waals surface area contributed by atoms with E-state index in [1.165, 1.54) is 113 Å². The average Bonchev–Trinajstić information content (AvgIpc) is 0.847. The van der Waals surface area contributed by atoms with E-state index in [4.69, 9.17) is 0 Å². The summed E-state index contributed by atoms with van der Waals surface area (Å²) in [7, 11) is -5.88. The molecule has 3 nitrogen and oxygen atoms in total. The van der Waals surface area contributed by atoms with Gasteiger partial charge in [-0.3, -0.25) is 0 Å². The van der Waals surface area contributed by atoms with Gasteiger partial charge in [0.1, 0.15) is 0 Å². The lowest BCUT2D eigenvalue weighted by Crippen LogP contribution is -2.74. The van der Waals surface area contributed by atoms with Crippen LogP contribution in [0, 0.1) is 0 Å². The minimum Gasteiger partial charge on any atom is -0.311 e. The molecule has 0 saturated carbocycles. The average molecular weight is 1370 g/mol. The summed E-state index contributed by atoms with van der Waals surface area (Å²) < 4.78 is 2.59. The fourth-order valence-electron chi connectivity index (χ4n) is 17.4. The Labute approximate surface area is 614 Å². The summed E-state index contributed by atoms with van der Waals surface area (Å²) >= 11 is 0. The Hall–Kier alpha value is -11.8. The minimum atomic E-state index is -2.94. The maximum Gasteiger partial charge on any atom is 0.252 e. The van der Waals surface area contributed by atoms with Crippen LogP contribution in [-0.4, -0.2) is 27.4 Å². The van der Waals surface area contributed by atoms with Crippen LogP contribution in [0.1, 0.15) is 52.7 Å². The zero-order chi connectivity index (χ0) is 70.3. The highest BCUT2D eigenvalue weighted by molar-refractivity contribution is 7.20. The lowest BCUT2D eigenvalue weighted by molar-refractivity contribution is 0.590. The zero-order valence-electron chi connectivity index (χ0n) is 59.7. The van der Waals surface area contributed by atoms with E-state index in [0.717, 1.165) is 39.7 Å². The molecule has 0 unspecified atom stereocenters. The highest BCUT2D eigenvalue weighted by atomic mass is 28.3. The van der Waals surface area contributed by atoms with Crippen LogP contribution in [0.15, 0.2) is 376 Å². The molecule has 0 spiro atoms. The quantitative estimate of drug-likeness (QED) is 0.0842. The third-order valence-corrected chi connectivity index (χ3v) is 32.0. The van der Waals surface area contributed by atoms with Crippen molar-refractivity contribution in [2.75, 3.05) is 9.80 Å². The smallest absolute Gasteiger partial charge is 0.252 e. The van der Waals surface area contributed by atoms with Crippen molar-refractivity contribution in [2.24, 2.45) is 0 Å². The molecule has 0 aliphatic carbocycles. The molecule has 16 aromatic rings. The number of hydrogen-bond acceptors (Lipinski definition) is 2. The summed E-state index contributed by atoms with van der Waals surface area (Å²) in [4.78, 5) is 5.29. The predicted octanol–water partition coefficient (Wildman–Crippen LogP) is 17.6. The van der Waals surface area contributed by atoms with Crippen molar-refractivity contribution in [1.82, 2.24) is 4.57 Å². The largest absolute Gasteiger partial charge is 0.311 e. The molecule has 18 rings (SSSR count). The standard InChI is InChI=1S/C98H80BN3Si2/c1-97(2,3)72-51-62-90-86(65-72)87-66-73(98(4,5)6)52-63-91(87)101(90)76-67-93-95-94(68-76)102(75-55-59-84(60-56-75)104(80-42-25-12-26-43-80,81-44-27-13-28-45-81)82-46-29-14-30-47-82)96-85(70-34-17-8-18-35-70)48-31-49-89(96)99(95)88-61-50-71(69-32-15-7-16-33-69)64-92(88)100(93)74-53-57-83(58-54-74)103(77-36-19-9-20-37-77,78-38-21-10-22-39-78)79-40-23-11-24-41-79/h7-68H,1-6H3. The van der Waals surface area contributed by atoms with E-state index in [9.17, 15) is 0 Å². The van der Waals surface area contributed by atoms with Gasteiger partial charge in [0.2, 0.25) is 0 Å². The molecule has 6 heteroatoms. The molecule has 498 valence electrons. The van der Waals surface area contributed by atoms with Gasteiger partial charge in [-0.25, -0.2) is 0 Å². The van der Waals surface area contributed by atoms with Gasteiger partial charge in [-0.2, -0.15) is 0 Å². The van der Waals surface area contributed by atoms with Gasteiger partial charge in [-0.05, 0) is 163 Å². The van der Waals surface area contributed by atoms with Crippen molar-refractivity contribution >= 4 is 137 Å². The number of hydrogen-bond donors (Lipinski definition) is 0. The third-order valence-electron chi connectivity index (χ3n) is 22.4. The topological polar surface area (TPSA) is 11.4 Å². The SMILES string of the molecule is CC(C)(C)c1ccc2c(c1)c1cc(C(C)(C)C)ccc1n2-c1cc2c3c(c1)N(c1ccc([Si](c4ccccc4)(c4ccccc4)c4ccccc4)cc1)c1c(cccc1-c1ccccc1)B3c1ccc(-c3ccccc3)cc1N2c1ccc([Si](c2ccccc2)(c2ccccc2)c2ccccc2)cc1. The number of para-hydroxylation sites is 1. The highest BCUT2D eigenvalue weighted by Crippen LogP contribution is 2.49. The molecule has 0 atom stereocenters. The zero-order valence-corrected chi connectivity index (χ0v) is 61.7. The number of anilines is 6. The van der Waals surface area contributed by atoms with Crippen LogP contribution in [-0.2, 0) is 10.8 Å². The fourth-order valence-corrected chi connectivity index (χ4v) is 26.9. The van der Waals surface area contributed by atoms with Gasteiger partial charge >= 0.3 is 0 Å². The molecule has 0 N–H and O–H groups in total. The molecule has 1 aromatic heterocycles. The normalized spacial score (nSPS) is 12.8. The van der Waals surface area contributed by atoms with Crippen LogP contribution >= 0.6 is 0 Å². The summed E-state index contributed by atoms with van der Waals surface area (Å²) in [6.07, 6.45) is 0. The van der Waals surface area contributed by atoms with Crippen LogP contribution < -0.4 is 67.7 Å². The molecular weight excluding hydrogens is 1290 g/mol. The summed E-state index contributed by atoms with van der Waals surface area (Å²) in [5.41, 5.74) is 21.1. The van der Waals surface area contributed by atoms with Gasteiger partial charge in [0.15, 0.2) is 16.1 Å². The summed E-state index contributed by atoms with van der Waals surface area (Å²) in [5, 5.41) is 13.2. The number of benzene rings is 15. The van der Waals surface area contributed by atoms with Gasteiger partial charge in [0.05, 0.1) is 16.7 Å². The summed E-state index contributed by atoms with van der Waals surface area (Å²) in [5.74, 6) is 0. The van der Waals surface area contributed by atoms with Crippen LogP contribution in [0.2, 0.25) is 0 Å². The Morgan fingerprint density at radius 2 is 0.625 bits per heavy atom. The Bertz CT molecular complexity index is 5580. The van der Waals surface area contributed by atoms with E-state index in [0.29, 0.717) is 0 Å². The maximum atomic E-state index is 2.66. The predicted molar refractivity (Wildman–Crippen MR) is 450 cm³/mol. The maximum absolute atomic E-state index is 2.94. The molecule has 104 heavy (non-hydrogen) atoms. The van der Waals surface area contributed by atoms with Crippen molar-refractivity contribution in [2.45, 2.75) is 52.4 Å². The second-order valence-electron chi connectivity index (χ2n) is 30.3. The second kappa shape index (κ2) is 25.6. The van der Waals surface area contributed by atoms with E-state index < -0.39 is 16.1 Å². The first-order valence-corrected chi connectivity index (χ1v) is 40.7. The Balaban J connectivity index is 0.958. The lowest BCUT2D eigenvalue weighted by Gasteiger charge is -2.45. The third kappa shape index (κ3) is 10.5. The Morgan fingerprint density at radius 3 is 1.03 bits per heavy atom. The summed E-state index contributed by atoms with van der Waals surface area (Å²) in [6.45, 7) is 13.8. The van der Waals surface area contributed by atoms with Crippen molar-refractivity contribution in [1.29, 1.82) is 0 Å². The molecular formula is C98H80BN3Si2. The van der Waals surface area contributed by atoms with Crippen LogP contribution in [0.4, 0.5) is 34.1 Å². The van der Waals surface area contributed by atoms with Gasteiger partial charge in [0, 0.05) is 50.5 Å². The number of nitrogens with zero attached hydrogens (tertiary/aromatic N) is 3. The first kappa shape index (κ1) is 64.3. The molecule has 2 aliphatic rings. The van der Waals surface area contributed by atoms with E-state index >= 15 is 0 Å². The van der Waals surface area contributed by atoms with Crippen molar-refractivity contribution in [3.63, 3.8) is 0 Å². The molecule has 0 radical (unpaired) electrons. The number of rotatable bonds is 13. The number of fused-ring (bicyclic) bond motifs is 7. The monoisotopic (exact) mass is 1370 g/mol. The minimum absolute atomic E-state index is 0.0753. The fraction of sp³-hybridized carbons (Fsp3) is 0.0816. The second-order valence-corrected chi connectivity index (χ2v) is 38.0. The van der Waals surface area contributed by atoms with Crippen molar-refractivity contribution < 1.29 is 0 Å². The summed E-state index contributed by atoms with van der Waals surface area (Å²) in [6, 6.07) is 144. The highest BCUT2D eigenvalue weighted by Gasteiger charge is 2.47. The van der Waals surface area contributed by atoms with Crippen LogP contribution in [0.5, 0.6) is 0 Å². The molecule has 0 amide bonds. The Kier molecular flexibility index (Phi) is 15.8. The van der Waals surface area contributed by atoms with Crippen LogP contribution in [0.3, 0.4) is 0 Å². The van der Waals surface area contributed by atoms with E-state index in [1.807, 2.05) is 0 Å². The number of aromatic nitrogens is 1. The van der Waals surface area contributed by atoms with E-state index in [1.54, 1.807) is 0 Å². The van der Waals surface area contributed by atoms with Gasteiger partial charge in [-0.15, -0.1) is 0 Å². The lowest BCUT2D eigenvalue weighted by atomic mass is 9.33. The first-order valence-electron chi connectivity index (χ1n) is 36.7. The van der Waals surface area contributed by atoms with Gasteiger partial charge in [-0.1, -0.05) is 351 Å². The van der Waals surface area contributed by atoms with E-state index in [2.05, 4.69) is 432 Å². The van der Waals surface area contributed by atoms with Crippen molar-refractivity contribution in [3.8, 4) is 27.9 Å². The molecule has 15 aromatic carbocycles. The molecule has 0 fully saturated rings. The van der Waals surface area contributed by atoms with Crippen LogP contribution in [0.25, 0.3) is 49.7 Å². The molecule has 3 heterocycles. The van der Waals surface area contributed by atoms with Gasteiger partial charge in [0.25, 0.3) is 6.71 Å².